The van der Waals surface area contributed by atoms with Crippen LogP contribution in [-0.4, -0.2) is 18.7 Å². The van der Waals surface area contributed by atoms with Gasteiger partial charge in [-0.1, -0.05) is 11.6 Å². The number of amides is 1. The minimum Gasteiger partial charge on any atom is -0.307 e. The Morgan fingerprint density at radius 1 is 1.13 bits per heavy atom. The average Bonchev–Trinajstić information content (AvgIpc) is 2.93. The molecule has 0 radical (unpaired) electrons. The minimum absolute atomic E-state index is 0.0239. The Balaban J connectivity index is 2.12. The number of benzene rings is 1. The van der Waals surface area contributed by atoms with Crippen LogP contribution in [0.25, 0.3) is 0 Å². The summed E-state index contributed by atoms with van der Waals surface area (Å²) in [6.45, 7) is 1.52. The first-order valence-electron chi connectivity index (χ1n) is 7.68. The SMILES string of the molecule is CC(=O)N(C)c1sc2c(c1C(=O)c1ccc(Cl)cc1)CCCC2. The molecule has 0 saturated heterocycles. The van der Waals surface area contributed by atoms with E-state index in [9.17, 15) is 9.59 Å². The van der Waals surface area contributed by atoms with Crippen LogP contribution >= 0.6 is 22.9 Å². The number of fused-ring (bicyclic) bond motifs is 1. The quantitative estimate of drug-likeness (QED) is 0.767. The second-order valence-electron chi connectivity index (χ2n) is 5.81. The fourth-order valence-electron chi connectivity index (χ4n) is 2.91. The molecule has 0 fully saturated rings. The maximum atomic E-state index is 13.1. The molecule has 1 amide bonds. The van der Waals surface area contributed by atoms with Crippen molar-refractivity contribution >= 4 is 39.6 Å². The van der Waals surface area contributed by atoms with Gasteiger partial charge in [0.1, 0.15) is 5.00 Å². The zero-order valence-corrected chi connectivity index (χ0v) is 14.8. The molecule has 0 bridgehead atoms. The lowest BCUT2D eigenvalue weighted by atomic mass is 9.92. The Kier molecular flexibility index (Phi) is 4.55. The van der Waals surface area contributed by atoms with Crippen molar-refractivity contribution in [3.63, 3.8) is 0 Å². The van der Waals surface area contributed by atoms with E-state index < -0.39 is 0 Å². The van der Waals surface area contributed by atoms with E-state index in [0.29, 0.717) is 16.1 Å². The fraction of sp³-hybridized carbons (Fsp3) is 0.333. The molecule has 0 spiro atoms. The van der Waals surface area contributed by atoms with Gasteiger partial charge in [-0.3, -0.25) is 9.59 Å². The number of carbonyl (C=O) groups excluding carboxylic acids is 2. The van der Waals surface area contributed by atoms with E-state index in [1.807, 2.05) is 0 Å². The molecular formula is C18H18ClNO2S. The second-order valence-corrected chi connectivity index (χ2v) is 7.33. The Morgan fingerprint density at radius 2 is 1.78 bits per heavy atom. The summed E-state index contributed by atoms with van der Waals surface area (Å²) in [5.74, 6) is -0.0853. The molecule has 23 heavy (non-hydrogen) atoms. The molecule has 0 unspecified atom stereocenters. The molecule has 1 aliphatic carbocycles. The highest BCUT2D eigenvalue weighted by Gasteiger charge is 2.28. The van der Waals surface area contributed by atoms with Crippen molar-refractivity contribution in [1.82, 2.24) is 0 Å². The molecular weight excluding hydrogens is 330 g/mol. The molecule has 1 aromatic carbocycles. The highest BCUT2D eigenvalue weighted by molar-refractivity contribution is 7.17. The van der Waals surface area contributed by atoms with E-state index in [4.69, 9.17) is 11.6 Å². The maximum absolute atomic E-state index is 13.1. The number of carbonyl (C=O) groups is 2. The molecule has 2 aromatic rings. The maximum Gasteiger partial charge on any atom is 0.224 e. The number of thiophene rings is 1. The van der Waals surface area contributed by atoms with Crippen LogP contribution in [0, 0.1) is 0 Å². The fourth-order valence-corrected chi connectivity index (χ4v) is 4.43. The van der Waals surface area contributed by atoms with Crippen LogP contribution in [0.2, 0.25) is 5.02 Å². The number of aryl methyl sites for hydroxylation is 1. The summed E-state index contributed by atoms with van der Waals surface area (Å²) in [5.41, 5.74) is 2.44. The zero-order chi connectivity index (χ0) is 16.6. The summed E-state index contributed by atoms with van der Waals surface area (Å²) in [6.07, 6.45) is 4.14. The van der Waals surface area contributed by atoms with Crippen molar-refractivity contribution in [2.45, 2.75) is 32.6 Å². The third-order valence-corrected chi connectivity index (χ3v) is 5.88. The smallest absolute Gasteiger partial charge is 0.224 e. The monoisotopic (exact) mass is 347 g/mol. The molecule has 0 N–H and O–H groups in total. The Labute approximate surface area is 144 Å². The van der Waals surface area contributed by atoms with Gasteiger partial charge in [-0.2, -0.15) is 0 Å². The summed E-state index contributed by atoms with van der Waals surface area (Å²) < 4.78 is 0. The Morgan fingerprint density at radius 3 is 2.43 bits per heavy atom. The van der Waals surface area contributed by atoms with Crippen LogP contribution in [0.15, 0.2) is 24.3 Å². The molecule has 120 valence electrons. The van der Waals surface area contributed by atoms with Crippen molar-refractivity contribution in [2.75, 3.05) is 11.9 Å². The van der Waals surface area contributed by atoms with E-state index in [0.717, 1.165) is 36.2 Å². The van der Waals surface area contributed by atoms with Crippen molar-refractivity contribution in [1.29, 1.82) is 0 Å². The average molecular weight is 348 g/mol. The number of halogens is 1. The molecule has 0 saturated carbocycles. The predicted molar refractivity (Wildman–Crippen MR) is 94.9 cm³/mol. The lowest BCUT2D eigenvalue weighted by molar-refractivity contribution is -0.116. The highest BCUT2D eigenvalue weighted by atomic mass is 35.5. The summed E-state index contributed by atoms with van der Waals surface area (Å²) in [7, 11) is 1.73. The second kappa shape index (κ2) is 6.46. The molecule has 0 aliphatic heterocycles. The van der Waals surface area contributed by atoms with Crippen molar-refractivity contribution in [3.8, 4) is 0 Å². The standard InChI is InChI=1S/C18H18ClNO2S/c1-11(21)20(2)18-16(14-5-3-4-6-15(14)23-18)17(22)12-7-9-13(19)10-8-12/h7-10H,3-6H2,1-2H3. The summed E-state index contributed by atoms with van der Waals surface area (Å²) in [5, 5.41) is 1.37. The molecule has 3 rings (SSSR count). The van der Waals surface area contributed by atoms with Gasteiger partial charge in [-0.05, 0) is 55.5 Å². The number of anilines is 1. The van der Waals surface area contributed by atoms with Gasteiger partial charge in [-0.15, -0.1) is 11.3 Å². The number of nitrogens with zero attached hydrogens (tertiary/aromatic N) is 1. The molecule has 0 atom stereocenters. The van der Waals surface area contributed by atoms with Gasteiger partial charge in [0.05, 0.1) is 5.56 Å². The van der Waals surface area contributed by atoms with Crippen molar-refractivity contribution < 1.29 is 9.59 Å². The Hall–Kier alpha value is -1.65. The lowest BCUT2D eigenvalue weighted by Crippen LogP contribution is -2.24. The van der Waals surface area contributed by atoms with Gasteiger partial charge >= 0.3 is 0 Å². The first kappa shape index (κ1) is 16.2. The first-order valence-corrected chi connectivity index (χ1v) is 8.87. The van der Waals surface area contributed by atoms with Gasteiger partial charge in [0.15, 0.2) is 5.78 Å². The summed E-state index contributed by atoms with van der Waals surface area (Å²) >= 11 is 7.50. The number of ketones is 1. The molecule has 3 nitrogen and oxygen atoms in total. The van der Waals surface area contributed by atoms with Crippen LogP contribution in [0.3, 0.4) is 0 Å². The van der Waals surface area contributed by atoms with Crippen LogP contribution in [-0.2, 0) is 17.6 Å². The van der Waals surface area contributed by atoms with E-state index >= 15 is 0 Å². The number of hydrogen-bond donors (Lipinski definition) is 0. The first-order chi connectivity index (χ1) is 11.0. The van der Waals surface area contributed by atoms with Gasteiger partial charge in [0, 0.05) is 29.4 Å². The molecule has 1 heterocycles. The van der Waals surface area contributed by atoms with Gasteiger partial charge in [0.2, 0.25) is 5.91 Å². The van der Waals surface area contributed by atoms with E-state index in [1.165, 1.54) is 11.8 Å². The van der Waals surface area contributed by atoms with E-state index in [1.54, 1.807) is 47.5 Å². The predicted octanol–water partition coefficient (Wildman–Crippen LogP) is 4.49. The van der Waals surface area contributed by atoms with Crippen LogP contribution in [0.4, 0.5) is 5.00 Å². The molecule has 1 aliphatic rings. The van der Waals surface area contributed by atoms with Crippen molar-refractivity contribution in [2.24, 2.45) is 0 Å². The van der Waals surface area contributed by atoms with Crippen molar-refractivity contribution in [3.05, 3.63) is 50.9 Å². The molecule has 5 heteroatoms. The largest absolute Gasteiger partial charge is 0.307 e. The van der Waals surface area contributed by atoms with Crippen LogP contribution in [0.5, 0.6) is 0 Å². The minimum atomic E-state index is -0.0613. The third-order valence-electron chi connectivity index (χ3n) is 4.26. The van der Waals surface area contributed by atoms with Gasteiger partial charge in [-0.25, -0.2) is 0 Å². The number of hydrogen-bond acceptors (Lipinski definition) is 3. The number of rotatable bonds is 3. The third kappa shape index (κ3) is 3.06. The summed E-state index contributed by atoms with van der Waals surface area (Å²) in [4.78, 5) is 27.7. The van der Waals surface area contributed by atoms with Crippen LogP contribution < -0.4 is 4.90 Å². The molecule has 1 aromatic heterocycles. The lowest BCUT2D eigenvalue weighted by Gasteiger charge is -2.16. The Bertz CT molecular complexity index is 764. The normalized spacial score (nSPS) is 13.5. The van der Waals surface area contributed by atoms with E-state index in [2.05, 4.69) is 0 Å². The topological polar surface area (TPSA) is 37.4 Å². The van der Waals surface area contributed by atoms with Gasteiger partial charge in [0.25, 0.3) is 0 Å². The van der Waals surface area contributed by atoms with Crippen LogP contribution in [0.1, 0.15) is 46.1 Å². The zero-order valence-electron chi connectivity index (χ0n) is 13.2. The van der Waals surface area contributed by atoms with Gasteiger partial charge < -0.3 is 4.90 Å². The summed E-state index contributed by atoms with van der Waals surface area (Å²) in [6, 6.07) is 6.94. The highest BCUT2D eigenvalue weighted by Crippen LogP contribution is 2.41. The van der Waals surface area contributed by atoms with E-state index in [-0.39, 0.29) is 11.7 Å².